The third-order valence-corrected chi connectivity index (χ3v) is 4.05. The number of nitrogens with zero attached hydrogens (tertiary/aromatic N) is 1. The highest BCUT2D eigenvalue weighted by Gasteiger charge is 2.35. The second-order valence-corrected chi connectivity index (χ2v) is 5.56. The summed E-state index contributed by atoms with van der Waals surface area (Å²) in [6.07, 6.45) is -3.41. The van der Waals surface area contributed by atoms with Crippen LogP contribution in [0.4, 0.5) is 13.2 Å². The molecule has 1 aromatic rings. The van der Waals surface area contributed by atoms with E-state index in [0.717, 1.165) is 12.5 Å². The van der Waals surface area contributed by atoms with Crippen LogP contribution in [0, 0.1) is 0 Å². The Kier molecular flexibility index (Phi) is 4.91. The lowest BCUT2D eigenvalue weighted by molar-refractivity contribution is -0.138. The topological polar surface area (TPSA) is 38.5 Å². The fraction of sp³-hybridized carbons (Fsp3) is 0.600. The van der Waals surface area contributed by atoms with Crippen LogP contribution in [-0.2, 0) is 10.9 Å². The minimum absolute atomic E-state index is 0.0834. The third kappa shape index (κ3) is 3.75. The van der Waals surface area contributed by atoms with Crippen molar-refractivity contribution in [3.05, 3.63) is 35.4 Å². The van der Waals surface area contributed by atoms with E-state index in [9.17, 15) is 13.2 Å². The molecule has 0 aromatic heterocycles. The van der Waals surface area contributed by atoms with Crippen molar-refractivity contribution in [3.63, 3.8) is 0 Å². The lowest BCUT2D eigenvalue weighted by Crippen LogP contribution is -2.41. The van der Waals surface area contributed by atoms with Crippen molar-refractivity contribution >= 4 is 0 Å². The van der Waals surface area contributed by atoms with Crippen molar-refractivity contribution < 1.29 is 17.9 Å². The monoisotopic (exact) mass is 302 g/mol. The van der Waals surface area contributed by atoms with Crippen LogP contribution < -0.4 is 5.73 Å². The van der Waals surface area contributed by atoms with Crippen LogP contribution in [0.15, 0.2) is 24.3 Å². The summed E-state index contributed by atoms with van der Waals surface area (Å²) in [4.78, 5) is 2.00. The van der Waals surface area contributed by atoms with Crippen LogP contribution in [0.2, 0.25) is 0 Å². The van der Waals surface area contributed by atoms with Gasteiger partial charge in [0.15, 0.2) is 0 Å². The van der Waals surface area contributed by atoms with E-state index in [-0.39, 0.29) is 17.7 Å². The second-order valence-electron chi connectivity index (χ2n) is 5.56. The number of hydrogen-bond acceptors (Lipinski definition) is 3. The molecule has 0 amide bonds. The first-order chi connectivity index (χ1) is 9.80. The van der Waals surface area contributed by atoms with Gasteiger partial charge in [0, 0.05) is 25.2 Å². The Bertz CT molecular complexity index is 478. The Hall–Kier alpha value is -1.11. The molecule has 0 bridgehead atoms. The van der Waals surface area contributed by atoms with Gasteiger partial charge >= 0.3 is 6.18 Å². The molecule has 3 atom stereocenters. The summed E-state index contributed by atoms with van der Waals surface area (Å²) in [7, 11) is 1.88. The quantitative estimate of drug-likeness (QED) is 0.929. The summed E-state index contributed by atoms with van der Waals surface area (Å²) in [5.41, 5.74) is 5.51. The van der Waals surface area contributed by atoms with Crippen LogP contribution in [0.25, 0.3) is 0 Å². The number of likely N-dealkylation sites (N-methyl/N-ethyl adjacent to an activating group) is 1. The minimum atomic E-state index is -4.38. The van der Waals surface area contributed by atoms with Gasteiger partial charge in [-0.3, -0.25) is 4.90 Å². The Morgan fingerprint density at radius 1 is 1.38 bits per heavy atom. The van der Waals surface area contributed by atoms with Gasteiger partial charge < -0.3 is 10.5 Å². The highest BCUT2D eigenvalue weighted by molar-refractivity contribution is 5.32. The first-order valence-electron chi connectivity index (χ1n) is 7.04. The molecule has 1 aliphatic rings. The SMILES string of the molecule is CC1OCCC1N(C)CC(N)c1ccccc1C(F)(F)F. The number of ether oxygens (including phenoxy) is 1. The zero-order chi connectivity index (χ0) is 15.6. The average molecular weight is 302 g/mol. The zero-order valence-corrected chi connectivity index (χ0v) is 12.2. The molecule has 0 spiro atoms. The molecule has 0 saturated carbocycles. The number of alkyl halides is 3. The normalized spacial score (nSPS) is 24.5. The summed E-state index contributed by atoms with van der Waals surface area (Å²) in [5.74, 6) is 0. The van der Waals surface area contributed by atoms with Crippen molar-refractivity contribution in [2.24, 2.45) is 5.73 Å². The van der Waals surface area contributed by atoms with Gasteiger partial charge in [0.25, 0.3) is 0 Å². The van der Waals surface area contributed by atoms with Crippen molar-refractivity contribution in [2.45, 2.75) is 37.7 Å². The highest BCUT2D eigenvalue weighted by atomic mass is 19.4. The van der Waals surface area contributed by atoms with Gasteiger partial charge in [0.05, 0.1) is 11.7 Å². The predicted octanol–water partition coefficient (Wildman–Crippen LogP) is 2.81. The van der Waals surface area contributed by atoms with Crippen LogP contribution in [0.3, 0.4) is 0 Å². The van der Waals surface area contributed by atoms with Gasteiger partial charge in [0.1, 0.15) is 0 Å². The predicted molar refractivity (Wildman–Crippen MR) is 74.8 cm³/mol. The molecule has 3 unspecified atom stereocenters. The van der Waals surface area contributed by atoms with E-state index in [1.54, 1.807) is 6.07 Å². The maximum atomic E-state index is 13.0. The summed E-state index contributed by atoms with van der Waals surface area (Å²) >= 11 is 0. The standard InChI is InChI=1S/C15H21F3N2O/c1-10-14(7-8-21-10)20(2)9-13(19)11-5-3-4-6-12(11)15(16,17)18/h3-6,10,13-14H,7-9,19H2,1-2H3. The number of nitrogens with two attached hydrogens (primary N) is 1. The third-order valence-electron chi connectivity index (χ3n) is 4.05. The number of benzene rings is 1. The van der Waals surface area contributed by atoms with E-state index in [0.29, 0.717) is 13.2 Å². The zero-order valence-electron chi connectivity index (χ0n) is 12.2. The Balaban J connectivity index is 2.12. The van der Waals surface area contributed by atoms with Crippen LogP contribution >= 0.6 is 0 Å². The van der Waals surface area contributed by atoms with Gasteiger partial charge in [-0.1, -0.05) is 18.2 Å². The largest absolute Gasteiger partial charge is 0.416 e. The molecule has 2 N–H and O–H groups in total. The summed E-state index contributed by atoms with van der Waals surface area (Å²) < 4.78 is 44.5. The maximum Gasteiger partial charge on any atom is 0.416 e. The van der Waals surface area contributed by atoms with Gasteiger partial charge in [-0.25, -0.2) is 0 Å². The smallest absolute Gasteiger partial charge is 0.377 e. The summed E-state index contributed by atoms with van der Waals surface area (Å²) in [5, 5.41) is 0. The molecule has 1 heterocycles. The van der Waals surface area contributed by atoms with E-state index in [4.69, 9.17) is 10.5 Å². The lowest BCUT2D eigenvalue weighted by atomic mass is 9.99. The van der Waals surface area contributed by atoms with E-state index in [1.165, 1.54) is 12.1 Å². The Labute approximate surface area is 122 Å². The van der Waals surface area contributed by atoms with Crippen molar-refractivity contribution in [3.8, 4) is 0 Å². The van der Waals surface area contributed by atoms with E-state index in [1.807, 2.05) is 18.9 Å². The number of rotatable bonds is 4. The Morgan fingerprint density at radius 2 is 2.05 bits per heavy atom. The summed E-state index contributed by atoms with van der Waals surface area (Å²) in [6.45, 7) is 3.03. The van der Waals surface area contributed by atoms with Crippen molar-refractivity contribution in [1.29, 1.82) is 0 Å². The van der Waals surface area contributed by atoms with Crippen LogP contribution in [0.1, 0.15) is 30.5 Å². The first-order valence-corrected chi connectivity index (χ1v) is 7.04. The second kappa shape index (κ2) is 6.34. The van der Waals surface area contributed by atoms with Gasteiger partial charge in [-0.2, -0.15) is 13.2 Å². The molecule has 118 valence electrons. The molecule has 1 fully saturated rings. The molecular formula is C15H21F3N2O. The minimum Gasteiger partial charge on any atom is -0.377 e. The van der Waals surface area contributed by atoms with Gasteiger partial charge in [-0.05, 0) is 32.0 Å². The molecule has 6 heteroatoms. The van der Waals surface area contributed by atoms with E-state index < -0.39 is 17.8 Å². The number of halogens is 3. The Morgan fingerprint density at radius 3 is 2.62 bits per heavy atom. The maximum absolute atomic E-state index is 13.0. The molecule has 21 heavy (non-hydrogen) atoms. The van der Waals surface area contributed by atoms with E-state index >= 15 is 0 Å². The molecule has 2 rings (SSSR count). The molecule has 1 saturated heterocycles. The molecule has 0 radical (unpaired) electrons. The molecule has 1 aliphatic heterocycles. The highest BCUT2D eigenvalue weighted by Crippen LogP contribution is 2.34. The molecular weight excluding hydrogens is 281 g/mol. The fourth-order valence-electron chi connectivity index (χ4n) is 2.92. The van der Waals surface area contributed by atoms with Crippen LogP contribution in [-0.4, -0.2) is 37.2 Å². The number of hydrogen-bond donors (Lipinski definition) is 1. The van der Waals surface area contributed by atoms with Crippen molar-refractivity contribution in [1.82, 2.24) is 4.90 Å². The molecule has 1 aromatic carbocycles. The molecule has 3 nitrogen and oxygen atoms in total. The van der Waals surface area contributed by atoms with Gasteiger partial charge in [0.2, 0.25) is 0 Å². The lowest BCUT2D eigenvalue weighted by Gasteiger charge is -2.30. The average Bonchev–Trinajstić information content (AvgIpc) is 2.84. The van der Waals surface area contributed by atoms with Crippen LogP contribution in [0.5, 0.6) is 0 Å². The first kappa shape index (κ1) is 16.3. The molecule has 0 aliphatic carbocycles. The fourth-order valence-corrected chi connectivity index (χ4v) is 2.92. The summed E-state index contributed by atoms with van der Waals surface area (Å²) in [6, 6.07) is 5.03. The van der Waals surface area contributed by atoms with E-state index in [2.05, 4.69) is 0 Å². The van der Waals surface area contributed by atoms with Gasteiger partial charge in [-0.15, -0.1) is 0 Å². The van der Waals surface area contributed by atoms with Crippen molar-refractivity contribution in [2.75, 3.05) is 20.2 Å².